The van der Waals surface area contributed by atoms with E-state index in [0.717, 1.165) is 63.7 Å². The van der Waals surface area contributed by atoms with Gasteiger partial charge in [0, 0.05) is 33.2 Å². The molecule has 0 spiro atoms. The minimum absolute atomic E-state index is 0.158. The second kappa shape index (κ2) is 9.63. The molecule has 2 heterocycles. The highest BCUT2D eigenvalue weighted by molar-refractivity contribution is 5.79. The number of hydrogen-bond donors (Lipinski definition) is 2. The van der Waals surface area contributed by atoms with Crippen LogP contribution in [0.3, 0.4) is 0 Å². The van der Waals surface area contributed by atoms with E-state index in [4.69, 9.17) is 14.2 Å². The zero-order valence-electron chi connectivity index (χ0n) is 15.0. The number of guanidine groups is 1. The van der Waals surface area contributed by atoms with Crippen LogP contribution in [0.25, 0.3) is 0 Å². The van der Waals surface area contributed by atoms with Crippen molar-refractivity contribution in [1.82, 2.24) is 10.6 Å². The monoisotopic (exact) mass is 347 g/mol. The van der Waals surface area contributed by atoms with Gasteiger partial charge in [-0.15, -0.1) is 0 Å². The normalized spacial score (nSPS) is 22.5. The molecule has 6 heteroatoms. The molecule has 0 bridgehead atoms. The number of nitrogens with one attached hydrogen (secondary N) is 2. The van der Waals surface area contributed by atoms with Crippen molar-refractivity contribution in [2.24, 2.45) is 4.99 Å². The predicted molar refractivity (Wildman–Crippen MR) is 98.3 cm³/mol. The number of ether oxygens (including phenoxy) is 3. The van der Waals surface area contributed by atoms with Gasteiger partial charge in [0.05, 0.1) is 19.3 Å². The molecule has 0 aromatic heterocycles. The molecule has 2 aliphatic rings. The highest BCUT2D eigenvalue weighted by atomic mass is 16.5. The molecule has 1 fully saturated rings. The van der Waals surface area contributed by atoms with Crippen molar-refractivity contribution in [3.05, 3.63) is 29.8 Å². The lowest BCUT2D eigenvalue weighted by Gasteiger charge is -2.16. The zero-order chi connectivity index (χ0) is 17.3. The maximum atomic E-state index is 5.93. The lowest BCUT2D eigenvalue weighted by atomic mass is 10.1. The van der Waals surface area contributed by atoms with Crippen LogP contribution in [0.2, 0.25) is 0 Å². The second-order valence-electron chi connectivity index (χ2n) is 6.50. The lowest BCUT2D eigenvalue weighted by Crippen LogP contribution is -2.42. The average molecular weight is 347 g/mol. The third-order valence-corrected chi connectivity index (χ3v) is 4.52. The van der Waals surface area contributed by atoms with Gasteiger partial charge >= 0.3 is 0 Å². The van der Waals surface area contributed by atoms with Crippen molar-refractivity contribution in [2.75, 3.05) is 40.0 Å². The molecule has 2 unspecified atom stereocenters. The van der Waals surface area contributed by atoms with E-state index in [1.54, 1.807) is 7.05 Å². The van der Waals surface area contributed by atoms with Crippen LogP contribution in [0.4, 0.5) is 0 Å². The highest BCUT2D eigenvalue weighted by Gasteiger charge is 2.22. The number of rotatable bonds is 8. The fourth-order valence-corrected chi connectivity index (χ4v) is 3.17. The van der Waals surface area contributed by atoms with Gasteiger partial charge in [-0.25, -0.2) is 0 Å². The molecule has 138 valence electrons. The molecular formula is C19H29N3O3. The fourth-order valence-electron chi connectivity index (χ4n) is 3.17. The van der Waals surface area contributed by atoms with Crippen LogP contribution in [-0.2, 0) is 15.9 Å². The van der Waals surface area contributed by atoms with Gasteiger partial charge in [0.15, 0.2) is 5.96 Å². The first kappa shape index (κ1) is 18.0. The van der Waals surface area contributed by atoms with Crippen LogP contribution < -0.4 is 15.4 Å². The Morgan fingerprint density at radius 1 is 1.28 bits per heavy atom. The molecule has 6 nitrogen and oxygen atoms in total. The number of nitrogens with zero attached hydrogens (tertiary/aromatic N) is 1. The maximum absolute atomic E-state index is 5.93. The summed E-state index contributed by atoms with van der Waals surface area (Å²) in [6.07, 6.45) is 4.63. The molecule has 0 aliphatic carbocycles. The lowest BCUT2D eigenvalue weighted by molar-refractivity contribution is 0.0168. The van der Waals surface area contributed by atoms with E-state index in [1.165, 1.54) is 5.56 Å². The van der Waals surface area contributed by atoms with Crippen LogP contribution in [0.15, 0.2) is 29.3 Å². The van der Waals surface area contributed by atoms with Gasteiger partial charge < -0.3 is 24.8 Å². The summed E-state index contributed by atoms with van der Waals surface area (Å²) in [6.45, 7) is 3.91. The fraction of sp³-hybridized carbons (Fsp3) is 0.632. The molecule has 0 amide bonds. The number of para-hydroxylation sites is 1. The SMILES string of the molecule is CN=C(NCCCOCC1CCCO1)NCC1Cc2ccccc2O1. The standard InChI is InChI=1S/C19H29N3O3/c1-20-19(21-9-5-10-23-14-16-7-4-11-24-16)22-13-17-12-15-6-2-3-8-18(15)25-17/h2-3,6,8,16-17H,4-5,7,9-14H2,1H3,(H2,20,21,22). The van der Waals surface area contributed by atoms with Crippen molar-refractivity contribution in [2.45, 2.75) is 37.9 Å². The Labute approximate surface area is 149 Å². The van der Waals surface area contributed by atoms with E-state index in [-0.39, 0.29) is 6.10 Å². The Kier molecular flexibility index (Phi) is 6.94. The van der Waals surface area contributed by atoms with Crippen molar-refractivity contribution in [3.63, 3.8) is 0 Å². The number of benzene rings is 1. The van der Waals surface area contributed by atoms with Crippen molar-refractivity contribution in [3.8, 4) is 5.75 Å². The summed E-state index contributed by atoms with van der Waals surface area (Å²) in [6, 6.07) is 8.22. The smallest absolute Gasteiger partial charge is 0.191 e. The molecule has 3 rings (SSSR count). The summed E-state index contributed by atoms with van der Waals surface area (Å²) >= 11 is 0. The highest BCUT2D eigenvalue weighted by Crippen LogP contribution is 2.27. The van der Waals surface area contributed by atoms with Crippen molar-refractivity contribution in [1.29, 1.82) is 0 Å². The average Bonchev–Trinajstić information content (AvgIpc) is 3.29. The van der Waals surface area contributed by atoms with Crippen LogP contribution in [-0.4, -0.2) is 58.1 Å². The van der Waals surface area contributed by atoms with Gasteiger partial charge in [0.1, 0.15) is 11.9 Å². The van der Waals surface area contributed by atoms with E-state index in [9.17, 15) is 0 Å². The molecule has 2 N–H and O–H groups in total. The molecule has 1 aromatic carbocycles. The predicted octanol–water partition coefficient (Wildman–Crippen LogP) is 1.74. The summed E-state index contributed by atoms with van der Waals surface area (Å²) in [5.74, 6) is 1.80. The molecule has 1 aromatic rings. The summed E-state index contributed by atoms with van der Waals surface area (Å²) < 4.78 is 17.1. The third kappa shape index (κ3) is 5.61. The van der Waals surface area contributed by atoms with Gasteiger partial charge in [0.2, 0.25) is 0 Å². The number of fused-ring (bicyclic) bond motifs is 1. The Hall–Kier alpha value is -1.79. The van der Waals surface area contributed by atoms with Crippen LogP contribution in [0, 0.1) is 0 Å². The summed E-state index contributed by atoms with van der Waals surface area (Å²) in [5, 5.41) is 6.65. The topological polar surface area (TPSA) is 64.1 Å². The molecular weight excluding hydrogens is 318 g/mol. The Morgan fingerprint density at radius 3 is 3.00 bits per heavy atom. The first-order chi connectivity index (χ1) is 12.3. The maximum Gasteiger partial charge on any atom is 0.191 e. The summed E-state index contributed by atoms with van der Waals surface area (Å²) in [5.41, 5.74) is 1.28. The molecule has 2 aliphatic heterocycles. The second-order valence-corrected chi connectivity index (χ2v) is 6.50. The number of aliphatic imine (C=N–C) groups is 1. The first-order valence-electron chi connectivity index (χ1n) is 9.23. The minimum Gasteiger partial charge on any atom is -0.488 e. The van der Waals surface area contributed by atoms with Crippen LogP contribution >= 0.6 is 0 Å². The van der Waals surface area contributed by atoms with Gasteiger partial charge in [-0.3, -0.25) is 4.99 Å². The Morgan fingerprint density at radius 2 is 2.20 bits per heavy atom. The largest absolute Gasteiger partial charge is 0.488 e. The minimum atomic E-state index is 0.158. The van der Waals surface area contributed by atoms with Crippen molar-refractivity contribution >= 4 is 5.96 Å². The van der Waals surface area contributed by atoms with Gasteiger partial charge in [-0.1, -0.05) is 18.2 Å². The molecule has 1 saturated heterocycles. The van der Waals surface area contributed by atoms with Crippen LogP contribution in [0.5, 0.6) is 5.75 Å². The van der Waals surface area contributed by atoms with E-state index >= 15 is 0 Å². The van der Waals surface area contributed by atoms with E-state index in [2.05, 4.69) is 27.8 Å². The molecule has 25 heavy (non-hydrogen) atoms. The van der Waals surface area contributed by atoms with Gasteiger partial charge in [-0.05, 0) is 30.9 Å². The van der Waals surface area contributed by atoms with E-state index < -0.39 is 0 Å². The zero-order valence-corrected chi connectivity index (χ0v) is 15.0. The van der Waals surface area contributed by atoms with E-state index in [0.29, 0.717) is 12.7 Å². The molecule has 2 atom stereocenters. The quantitative estimate of drug-likeness (QED) is 0.426. The van der Waals surface area contributed by atoms with Crippen LogP contribution in [0.1, 0.15) is 24.8 Å². The third-order valence-electron chi connectivity index (χ3n) is 4.52. The first-order valence-corrected chi connectivity index (χ1v) is 9.23. The Balaban J connectivity index is 1.25. The summed E-state index contributed by atoms with van der Waals surface area (Å²) in [7, 11) is 1.79. The number of hydrogen-bond acceptors (Lipinski definition) is 4. The summed E-state index contributed by atoms with van der Waals surface area (Å²) in [4.78, 5) is 4.26. The van der Waals surface area contributed by atoms with Gasteiger partial charge in [-0.2, -0.15) is 0 Å². The Bertz CT molecular complexity index is 534. The van der Waals surface area contributed by atoms with Crippen molar-refractivity contribution < 1.29 is 14.2 Å². The molecule has 0 saturated carbocycles. The van der Waals surface area contributed by atoms with E-state index in [1.807, 2.05) is 12.1 Å². The molecule has 0 radical (unpaired) electrons. The van der Waals surface area contributed by atoms with Gasteiger partial charge in [0.25, 0.3) is 0 Å².